The van der Waals surface area contributed by atoms with Crippen molar-refractivity contribution in [2.75, 3.05) is 5.32 Å². The van der Waals surface area contributed by atoms with E-state index in [-0.39, 0.29) is 5.56 Å². The molecule has 0 aliphatic heterocycles. The van der Waals surface area contributed by atoms with Crippen LogP contribution in [0.15, 0.2) is 30.6 Å². The molecule has 1 aromatic heterocycles. The monoisotopic (exact) mass is 257 g/mol. The lowest BCUT2D eigenvalue weighted by Crippen LogP contribution is -2.04. The van der Waals surface area contributed by atoms with Crippen LogP contribution in [-0.4, -0.2) is 21.0 Å². The van der Waals surface area contributed by atoms with E-state index in [1.807, 2.05) is 25.1 Å². The van der Waals surface area contributed by atoms with E-state index in [9.17, 15) is 4.79 Å². The van der Waals surface area contributed by atoms with Gasteiger partial charge >= 0.3 is 5.97 Å². The number of nitrogens with zero attached hydrogens (tertiary/aromatic N) is 2. The standard InChI is InChI=1S/C14H15N3O2/c1-3-10-6-4-5-9(2)12(10)17-14-15-7-11(8-16-14)13(18)19/h4-8H,3H2,1-2H3,(H,18,19)(H,15,16,17). The SMILES string of the molecule is CCc1cccc(C)c1Nc1ncc(C(=O)O)cn1. The molecule has 0 amide bonds. The molecular weight excluding hydrogens is 242 g/mol. The summed E-state index contributed by atoms with van der Waals surface area (Å²) in [6.07, 6.45) is 3.49. The van der Waals surface area contributed by atoms with Gasteiger partial charge in [0.15, 0.2) is 0 Å². The fourth-order valence-corrected chi connectivity index (χ4v) is 1.82. The Balaban J connectivity index is 2.28. The van der Waals surface area contributed by atoms with E-state index in [0.29, 0.717) is 5.95 Å². The lowest BCUT2D eigenvalue weighted by Gasteiger charge is -2.12. The third-order valence-electron chi connectivity index (χ3n) is 2.88. The molecule has 19 heavy (non-hydrogen) atoms. The van der Waals surface area contributed by atoms with Crippen LogP contribution in [-0.2, 0) is 6.42 Å². The molecular formula is C14H15N3O2. The minimum absolute atomic E-state index is 0.0750. The van der Waals surface area contributed by atoms with Crippen molar-refractivity contribution in [2.45, 2.75) is 20.3 Å². The Morgan fingerprint density at radius 3 is 2.58 bits per heavy atom. The van der Waals surface area contributed by atoms with Crippen molar-refractivity contribution < 1.29 is 9.90 Å². The van der Waals surface area contributed by atoms with E-state index in [0.717, 1.165) is 17.7 Å². The van der Waals surface area contributed by atoms with E-state index in [4.69, 9.17) is 5.11 Å². The van der Waals surface area contributed by atoms with Crippen LogP contribution in [0, 0.1) is 6.92 Å². The predicted octanol–water partition coefficient (Wildman–Crippen LogP) is 2.79. The molecule has 2 rings (SSSR count). The molecule has 0 aliphatic carbocycles. The zero-order valence-corrected chi connectivity index (χ0v) is 10.8. The summed E-state index contributed by atoms with van der Waals surface area (Å²) in [6.45, 7) is 4.08. The number of aryl methyl sites for hydroxylation is 2. The minimum Gasteiger partial charge on any atom is -0.478 e. The zero-order valence-electron chi connectivity index (χ0n) is 10.8. The summed E-state index contributed by atoms with van der Waals surface area (Å²) < 4.78 is 0. The van der Waals surface area contributed by atoms with Crippen molar-refractivity contribution in [1.29, 1.82) is 0 Å². The largest absolute Gasteiger partial charge is 0.478 e. The Kier molecular flexibility index (Phi) is 3.75. The van der Waals surface area contributed by atoms with Gasteiger partial charge in [-0.15, -0.1) is 0 Å². The quantitative estimate of drug-likeness (QED) is 0.880. The molecule has 0 fully saturated rings. The van der Waals surface area contributed by atoms with Crippen LogP contribution in [0.5, 0.6) is 0 Å². The number of anilines is 2. The van der Waals surface area contributed by atoms with Gasteiger partial charge in [0, 0.05) is 18.1 Å². The Hall–Kier alpha value is -2.43. The molecule has 0 saturated carbocycles. The highest BCUT2D eigenvalue weighted by atomic mass is 16.4. The van der Waals surface area contributed by atoms with Crippen LogP contribution in [0.1, 0.15) is 28.4 Å². The van der Waals surface area contributed by atoms with E-state index in [1.54, 1.807) is 0 Å². The second-order valence-corrected chi connectivity index (χ2v) is 4.19. The zero-order chi connectivity index (χ0) is 13.8. The molecule has 2 aromatic rings. The Morgan fingerprint density at radius 2 is 2.00 bits per heavy atom. The highest BCUT2D eigenvalue weighted by Gasteiger charge is 2.07. The van der Waals surface area contributed by atoms with Crippen LogP contribution in [0.2, 0.25) is 0 Å². The number of hydrogen-bond donors (Lipinski definition) is 2. The number of para-hydroxylation sites is 1. The van der Waals surface area contributed by atoms with Gasteiger partial charge in [-0.05, 0) is 24.5 Å². The summed E-state index contributed by atoms with van der Waals surface area (Å²) in [7, 11) is 0. The average molecular weight is 257 g/mol. The summed E-state index contributed by atoms with van der Waals surface area (Å²) >= 11 is 0. The minimum atomic E-state index is -1.03. The molecule has 5 nitrogen and oxygen atoms in total. The fourth-order valence-electron chi connectivity index (χ4n) is 1.82. The maximum absolute atomic E-state index is 10.7. The van der Waals surface area contributed by atoms with Crippen molar-refractivity contribution in [2.24, 2.45) is 0 Å². The molecule has 1 heterocycles. The first-order valence-electron chi connectivity index (χ1n) is 6.02. The van der Waals surface area contributed by atoms with E-state index >= 15 is 0 Å². The van der Waals surface area contributed by atoms with Crippen molar-refractivity contribution in [3.8, 4) is 0 Å². The maximum Gasteiger partial charge on any atom is 0.338 e. The van der Waals surface area contributed by atoms with Crippen LogP contribution in [0.4, 0.5) is 11.6 Å². The molecule has 0 aliphatic rings. The number of carbonyl (C=O) groups is 1. The number of carboxylic acid groups (broad SMARTS) is 1. The summed E-state index contributed by atoms with van der Waals surface area (Å²) in [6, 6.07) is 6.06. The lowest BCUT2D eigenvalue weighted by atomic mass is 10.1. The Bertz CT molecular complexity index is 594. The molecule has 0 saturated heterocycles. The van der Waals surface area contributed by atoms with Gasteiger partial charge in [0.2, 0.25) is 5.95 Å². The van der Waals surface area contributed by atoms with Gasteiger partial charge < -0.3 is 10.4 Å². The van der Waals surface area contributed by atoms with Gasteiger partial charge in [0.25, 0.3) is 0 Å². The average Bonchev–Trinajstić information content (AvgIpc) is 2.41. The summed E-state index contributed by atoms with van der Waals surface area (Å²) in [5, 5.41) is 11.9. The molecule has 0 radical (unpaired) electrons. The van der Waals surface area contributed by atoms with Gasteiger partial charge in [0.05, 0.1) is 5.56 Å². The number of hydrogen-bond acceptors (Lipinski definition) is 4. The molecule has 98 valence electrons. The highest BCUT2D eigenvalue weighted by molar-refractivity contribution is 5.86. The van der Waals surface area contributed by atoms with Crippen LogP contribution in [0.3, 0.4) is 0 Å². The first-order chi connectivity index (χ1) is 9.11. The molecule has 0 spiro atoms. The number of aromatic nitrogens is 2. The summed E-state index contributed by atoms with van der Waals surface area (Å²) in [5.74, 6) is -0.634. The van der Waals surface area contributed by atoms with Crippen LogP contribution >= 0.6 is 0 Å². The molecule has 0 unspecified atom stereocenters. The Labute approximate surface area is 111 Å². The third-order valence-corrected chi connectivity index (χ3v) is 2.88. The van der Waals surface area contributed by atoms with Gasteiger partial charge in [-0.25, -0.2) is 14.8 Å². The number of nitrogens with one attached hydrogen (secondary N) is 1. The summed E-state index contributed by atoms with van der Waals surface area (Å²) in [4.78, 5) is 18.7. The van der Waals surface area contributed by atoms with Crippen LogP contribution < -0.4 is 5.32 Å². The number of carboxylic acids is 1. The molecule has 0 bridgehead atoms. The normalized spacial score (nSPS) is 10.2. The molecule has 0 atom stereocenters. The predicted molar refractivity (Wildman–Crippen MR) is 72.8 cm³/mol. The first kappa shape index (κ1) is 13.0. The first-order valence-corrected chi connectivity index (χ1v) is 6.02. The Morgan fingerprint density at radius 1 is 1.32 bits per heavy atom. The van der Waals surface area contributed by atoms with Crippen molar-refractivity contribution in [3.63, 3.8) is 0 Å². The maximum atomic E-state index is 10.7. The second-order valence-electron chi connectivity index (χ2n) is 4.19. The van der Waals surface area contributed by atoms with Crippen molar-refractivity contribution >= 4 is 17.6 Å². The van der Waals surface area contributed by atoms with Gasteiger partial charge in [0.1, 0.15) is 0 Å². The van der Waals surface area contributed by atoms with Gasteiger partial charge in [-0.3, -0.25) is 0 Å². The smallest absolute Gasteiger partial charge is 0.338 e. The molecule has 5 heteroatoms. The number of aromatic carboxylic acids is 1. The van der Waals surface area contributed by atoms with Gasteiger partial charge in [-0.2, -0.15) is 0 Å². The topological polar surface area (TPSA) is 75.1 Å². The van der Waals surface area contributed by atoms with Crippen molar-refractivity contribution in [3.05, 3.63) is 47.3 Å². The van der Waals surface area contributed by atoms with E-state index < -0.39 is 5.97 Å². The summed E-state index contributed by atoms with van der Waals surface area (Å²) in [5.41, 5.74) is 3.33. The lowest BCUT2D eigenvalue weighted by molar-refractivity contribution is 0.0696. The fraction of sp³-hybridized carbons (Fsp3) is 0.214. The second kappa shape index (κ2) is 5.48. The van der Waals surface area contributed by atoms with E-state index in [1.165, 1.54) is 18.0 Å². The van der Waals surface area contributed by atoms with Crippen LogP contribution in [0.25, 0.3) is 0 Å². The van der Waals surface area contributed by atoms with E-state index in [2.05, 4.69) is 22.2 Å². The molecule has 1 aromatic carbocycles. The number of rotatable bonds is 4. The highest BCUT2D eigenvalue weighted by Crippen LogP contribution is 2.23. The van der Waals surface area contributed by atoms with Crippen molar-refractivity contribution in [1.82, 2.24) is 9.97 Å². The number of benzene rings is 1. The molecule has 2 N–H and O–H groups in total. The van der Waals surface area contributed by atoms with Gasteiger partial charge in [-0.1, -0.05) is 25.1 Å². The third kappa shape index (κ3) is 2.88.